The monoisotopic (exact) mass is 439 g/mol. The second kappa shape index (κ2) is 9.16. The summed E-state index contributed by atoms with van der Waals surface area (Å²) in [6.45, 7) is 2.12. The summed E-state index contributed by atoms with van der Waals surface area (Å²) in [6, 6.07) is 18.8. The Kier molecular flexibility index (Phi) is 5.92. The SMILES string of the molecule is CN(C)CC(=O)N1CCC(c2ccn3c(-c4ccnc(-c5ccccc5)c4)cnc3c2)CC1. The molecule has 0 unspecified atom stereocenters. The molecule has 0 bridgehead atoms. The Morgan fingerprint density at radius 2 is 1.79 bits per heavy atom. The molecule has 33 heavy (non-hydrogen) atoms. The number of rotatable bonds is 5. The highest BCUT2D eigenvalue weighted by Crippen LogP contribution is 2.30. The fourth-order valence-corrected chi connectivity index (χ4v) is 4.65. The van der Waals surface area contributed by atoms with Gasteiger partial charge in [-0.15, -0.1) is 0 Å². The fourth-order valence-electron chi connectivity index (χ4n) is 4.65. The van der Waals surface area contributed by atoms with Crippen LogP contribution in [0.4, 0.5) is 0 Å². The minimum atomic E-state index is 0.221. The lowest BCUT2D eigenvalue weighted by Crippen LogP contribution is -2.42. The second-order valence-electron chi connectivity index (χ2n) is 9.02. The summed E-state index contributed by atoms with van der Waals surface area (Å²) in [7, 11) is 3.88. The van der Waals surface area contributed by atoms with E-state index in [0.29, 0.717) is 12.5 Å². The molecule has 0 atom stereocenters. The first-order valence-electron chi connectivity index (χ1n) is 11.5. The van der Waals surface area contributed by atoms with Gasteiger partial charge in [0.2, 0.25) is 5.91 Å². The summed E-state index contributed by atoms with van der Waals surface area (Å²) in [5.41, 5.74) is 6.46. The van der Waals surface area contributed by atoms with Crippen molar-refractivity contribution in [2.45, 2.75) is 18.8 Å². The standard InChI is InChI=1S/C27H29N5O/c1-30(2)19-27(33)31-13-9-20(10-14-31)22-11-15-32-25(18-29-26(32)17-22)23-8-12-28-24(16-23)21-6-4-3-5-7-21/h3-8,11-12,15-18,20H,9-10,13-14,19H2,1-2H3. The number of carbonyl (C=O) groups excluding carboxylic acids is 1. The van der Waals surface area contributed by atoms with Gasteiger partial charge >= 0.3 is 0 Å². The zero-order valence-electron chi connectivity index (χ0n) is 19.2. The van der Waals surface area contributed by atoms with Gasteiger partial charge in [-0.2, -0.15) is 0 Å². The number of carbonyl (C=O) groups is 1. The molecule has 5 rings (SSSR count). The molecular weight excluding hydrogens is 410 g/mol. The molecule has 6 heteroatoms. The van der Waals surface area contributed by atoms with Crippen molar-refractivity contribution in [1.82, 2.24) is 24.2 Å². The summed E-state index contributed by atoms with van der Waals surface area (Å²) >= 11 is 0. The number of nitrogens with zero attached hydrogens (tertiary/aromatic N) is 5. The molecule has 0 saturated carbocycles. The average molecular weight is 440 g/mol. The normalized spacial score (nSPS) is 14.8. The lowest BCUT2D eigenvalue weighted by molar-refractivity contribution is -0.132. The minimum absolute atomic E-state index is 0.221. The van der Waals surface area contributed by atoms with Crippen molar-refractivity contribution < 1.29 is 4.79 Å². The molecule has 0 spiro atoms. The minimum Gasteiger partial charge on any atom is -0.342 e. The van der Waals surface area contributed by atoms with E-state index in [1.165, 1.54) is 5.56 Å². The van der Waals surface area contributed by atoms with E-state index < -0.39 is 0 Å². The lowest BCUT2D eigenvalue weighted by atomic mass is 9.90. The predicted octanol–water partition coefficient (Wildman–Crippen LogP) is 4.33. The molecule has 1 aliphatic heterocycles. The van der Waals surface area contributed by atoms with Crippen LogP contribution in [-0.4, -0.2) is 63.8 Å². The van der Waals surface area contributed by atoms with Crippen molar-refractivity contribution >= 4 is 11.6 Å². The third-order valence-electron chi connectivity index (χ3n) is 6.43. The van der Waals surface area contributed by atoms with E-state index in [2.05, 4.69) is 45.9 Å². The molecule has 1 fully saturated rings. The number of amides is 1. The number of hydrogen-bond acceptors (Lipinski definition) is 4. The quantitative estimate of drug-likeness (QED) is 0.464. The Bertz CT molecular complexity index is 1260. The third kappa shape index (κ3) is 4.52. The number of likely N-dealkylation sites (N-methyl/N-ethyl adjacent to an activating group) is 1. The van der Waals surface area contributed by atoms with Crippen LogP contribution in [0, 0.1) is 0 Å². The van der Waals surface area contributed by atoms with Gasteiger partial charge in [-0.1, -0.05) is 30.3 Å². The topological polar surface area (TPSA) is 53.7 Å². The average Bonchev–Trinajstić information content (AvgIpc) is 3.28. The van der Waals surface area contributed by atoms with Crippen molar-refractivity contribution in [2.75, 3.05) is 33.7 Å². The van der Waals surface area contributed by atoms with Crippen LogP contribution in [0.1, 0.15) is 24.3 Å². The van der Waals surface area contributed by atoms with Crippen molar-refractivity contribution in [3.05, 3.63) is 78.8 Å². The van der Waals surface area contributed by atoms with E-state index in [4.69, 9.17) is 4.98 Å². The second-order valence-corrected chi connectivity index (χ2v) is 9.02. The van der Waals surface area contributed by atoms with Crippen molar-refractivity contribution in [1.29, 1.82) is 0 Å². The lowest BCUT2D eigenvalue weighted by Gasteiger charge is -2.33. The summed E-state index contributed by atoms with van der Waals surface area (Å²) < 4.78 is 2.14. The molecule has 1 aromatic carbocycles. The van der Waals surface area contributed by atoms with Gasteiger partial charge in [-0.05, 0) is 62.7 Å². The number of fused-ring (bicyclic) bond motifs is 1. The molecule has 1 aliphatic rings. The van der Waals surface area contributed by atoms with E-state index in [9.17, 15) is 4.79 Å². The van der Waals surface area contributed by atoms with E-state index in [-0.39, 0.29) is 5.91 Å². The van der Waals surface area contributed by atoms with Gasteiger partial charge in [0.25, 0.3) is 0 Å². The predicted molar refractivity (Wildman–Crippen MR) is 131 cm³/mol. The first-order chi connectivity index (χ1) is 16.1. The summed E-state index contributed by atoms with van der Waals surface area (Å²) in [5, 5.41) is 0. The maximum absolute atomic E-state index is 12.3. The summed E-state index contributed by atoms with van der Waals surface area (Å²) in [5.74, 6) is 0.684. The molecule has 0 N–H and O–H groups in total. The van der Waals surface area contributed by atoms with Crippen LogP contribution in [0.15, 0.2) is 73.2 Å². The Balaban J connectivity index is 1.35. The van der Waals surface area contributed by atoms with Gasteiger partial charge in [0.05, 0.1) is 24.1 Å². The van der Waals surface area contributed by atoms with Crippen LogP contribution < -0.4 is 0 Å². The highest BCUT2D eigenvalue weighted by atomic mass is 16.2. The van der Waals surface area contributed by atoms with Crippen LogP contribution in [0.3, 0.4) is 0 Å². The van der Waals surface area contributed by atoms with Crippen LogP contribution in [0.25, 0.3) is 28.2 Å². The van der Waals surface area contributed by atoms with Crippen LogP contribution in [-0.2, 0) is 4.79 Å². The Hall–Kier alpha value is -3.51. The molecule has 6 nitrogen and oxygen atoms in total. The van der Waals surface area contributed by atoms with Crippen molar-refractivity contribution in [2.24, 2.45) is 0 Å². The third-order valence-corrected chi connectivity index (χ3v) is 6.43. The summed E-state index contributed by atoms with van der Waals surface area (Å²) in [4.78, 5) is 25.5. The summed E-state index contributed by atoms with van der Waals surface area (Å²) in [6.07, 6.45) is 7.91. The number of imidazole rings is 1. The van der Waals surface area contributed by atoms with E-state index in [0.717, 1.165) is 54.1 Å². The highest BCUT2D eigenvalue weighted by molar-refractivity contribution is 5.78. The van der Waals surface area contributed by atoms with Gasteiger partial charge in [-0.3, -0.25) is 14.2 Å². The molecule has 0 radical (unpaired) electrons. The number of aromatic nitrogens is 3. The maximum atomic E-state index is 12.3. The zero-order chi connectivity index (χ0) is 22.8. The van der Waals surface area contributed by atoms with Gasteiger partial charge in [0, 0.05) is 36.6 Å². The first-order valence-corrected chi connectivity index (χ1v) is 11.5. The molecule has 1 amide bonds. The van der Waals surface area contributed by atoms with E-state index in [1.54, 1.807) is 0 Å². The smallest absolute Gasteiger partial charge is 0.236 e. The van der Waals surface area contributed by atoms with E-state index in [1.807, 2.05) is 60.6 Å². The molecular formula is C27H29N5O. The van der Waals surface area contributed by atoms with Crippen molar-refractivity contribution in [3.8, 4) is 22.5 Å². The molecule has 1 saturated heterocycles. The largest absolute Gasteiger partial charge is 0.342 e. The number of pyridine rings is 2. The van der Waals surface area contributed by atoms with Gasteiger partial charge < -0.3 is 9.80 Å². The number of benzene rings is 1. The highest BCUT2D eigenvalue weighted by Gasteiger charge is 2.24. The first kappa shape index (κ1) is 21.3. The fraction of sp³-hybridized carbons (Fsp3) is 0.296. The van der Waals surface area contributed by atoms with Gasteiger partial charge in [0.15, 0.2) is 0 Å². The number of likely N-dealkylation sites (tertiary alicyclic amines) is 1. The van der Waals surface area contributed by atoms with Gasteiger partial charge in [-0.25, -0.2) is 4.98 Å². The van der Waals surface area contributed by atoms with Crippen LogP contribution in [0.5, 0.6) is 0 Å². The van der Waals surface area contributed by atoms with E-state index >= 15 is 0 Å². The Morgan fingerprint density at radius 1 is 1.00 bits per heavy atom. The molecule has 0 aliphatic carbocycles. The number of hydrogen-bond donors (Lipinski definition) is 0. The molecule has 4 heterocycles. The number of piperidine rings is 1. The van der Waals surface area contributed by atoms with Gasteiger partial charge in [0.1, 0.15) is 5.65 Å². The van der Waals surface area contributed by atoms with Crippen LogP contribution >= 0.6 is 0 Å². The molecule has 3 aromatic heterocycles. The molecule has 168 valence electrons. The maximum Gasteiger partial charge on any atom is 0.236 e. The zero-order valence-corrected chi connectivity index (χ0v) is 19.2. The Morgan fingerprint density at radius 3 is 2.55 bits per heavy atom. The van der Waals surface area contributed by atoms with Crippen LogP contribution in [0.2, 0.25) is 0 Å². The van der Waals surface area contributed by atoms with Crippen molar-refractivity contribution in [3.63, 3.8) is 0 Å². The molecule has 4 aromatic rings. The Labute approximate surface area is 194 Å².